The van der Waals surface area contributed by atoms with Crippen molar-refractivity contribution >= 4 is 10.9 Å². The maximum atomic E-state index is 8.61. The Labute approximate surface area is 162 Å². The van der Waals surface area contributed by atoms with Gasteiger partial charge in [-0.25, -0.2) is 4.98 Å². The monoisotopic (exact) mass is 369 g/mol. The molecule has 0 bridgehead atoms. The molecule has 0 aliphatic rings. The summed E-state index contributed by atoms with van der Waals surface area (Å²) in [6.07, 6.45) is 6.85. The molecule has 0 aliphatic heterocycles. The zero-order valence-corrected chi connectivity index (χ0v) is 15.3. The first-order valence-corrected chi connectivity index (χ1v) is 9.22. The van der Waals surface area contributed by atoms with Gasteiger partial charge in [-0.1, -0.05) is 6.07 Å². The van der Waals surface area contributed by atoms with Gasteiger partial charge < -0.3 is 4.74 Å². The predicted octanol–water partition coefficient (Wildman–Crippen LogP) is 5.05. The van der Waals surface area contributed by atoms with Crippen LogP contribution in [0.2, 0.25) is 0 Å². The second-order valence-electron chi connectivity index (χ2n) is 6.48. The van der Waals surface area contributed by atoms with E-state index >= 15 is 0 Å². The van der Waals surface area contributed by atoms with Gasteiger partial charge in [-0.2, -0.15) is 10.4 Å². The molecule has 0 amide bonds. The lowest BCUT2D eigenvalue weighted by molar-refractivity contribution is 0.464. The van der Waals surface area contributed by atoms with Crippen molar-refractivity contribution in [1.82, 2.24) is 20.2 Å². The second-order valence-corrected chi connectivity index (χ2v) is 6.48. The maximum absolute atomic E-state index is 8.61. The highest BCUT2D eigenvalue weighted by Gasteiger charge is 2.05. The molecule has 1 aromatic carbocycles. The van der Waals surface area contributed by atoms with Crippen molar-refractivity contribution < 1.29 is 4.74 Å². The fourth-order valence-corrected chi connectivity index (χ4v) is 3.00. The number of nitriles is 1. The summed E-state index contributed by atoms with van der Waals surface area (Å²) in [7, 11) is 0. The number of H-pyrrole nitrogens is 1. The summed E-state index contributed by atoms with van der Waals surface area (Å²) in [6.45, 7) is 0. The maximum Gasteiger partial charge on any atom is 0.219 e. The summed E-state index contributed by atoms with van der Waals surface area (Å²) in [5, 5.41) is 16.5. The SMILES string of the molecule is N#CCCCCc1ccc2cc(Oc3ccc(-c4ccn[nH]4)cn3)ccc2n1. The van der Waals surface area contributed by atoms with E-state index in [1.54, 1.807) is 12.4 Å². The fourth-order valence-electron chi connectivity index (χ4n) is 3.00. The summed E-state index contributed by atoms with van der Waals surface area (Å²) in [5.74, 6) is 1.25. The van der Waals surface area contributed by atoms with Gasteiger partial charge in [0.1, 0.15) is 5.75 Å². The van der Waals surface area contributed by atoms with Gasteiger partial charge in [-0.05, 0) is 55.7 Å². The number of hydrogen-bond donors (Lipinski definition) is 1. The minimum Gasteiger partial charge on any atom is -0.439 e. The van der Waals surface area contributed by atoms with Gasteiger partial charge in [0.05, 0.1) is 17.3 Å². The van der Waals surface area contributed by atoms with Gasteiger partial charge in [0.15, 0.2) is 0 Å². The van der Waals surface area contributed by atoms with Crippen LogP contribution in [0, 0.1) is 11.3 Å². The van der Waals surface area contributed by atoms with Crippen LogP contribution in [0.5, 0.6) is 11.6 Å². The molecule has 0 spiro atoms. The van der Waals surface area contributed by atoms with Crippen LogP contribution in [0.1, 0.15) is 25.0 Å². The number of aryl methyl sites for hydroxylation is 1. The molecule has 4 aromatic rings. The average Bonchev–Trinajstić information content (AvgIpc) is 3.27. The molecule has 4 rings (SSSR count). The topological polar surface area (TPSA) is 87.5 Å². The van der Waals surface area contributed by atoms with Crippen LogP contribution in [-0.4, -0.2) is 20.2 Å². The molecule has 3 heterocycles. The van der Waals surface area contributed by atoms with Gasteiger partial charge in [0, 0.05) is 41.5 Å². The first-order chi connectivity index (χ1) is 13.8. The summed E-state index contributed by atoms with van der Waals surface area (Å²) in [4.78, 5) is 9.06. The van der Waals surface area contributed by atoms with Crippen molar-refractivity contribution in [1.29, 1.82) is 5.26 Å². The number of unbranched alkanes of at least 4 members (excludes halogenated alkanes) is 2. The molecular weight excluding hydrogens is 350 g/mol. The molecule has 0 radical (unpaired) electrons. The van der Waals surface area contributed by atoms with Crippen LogP contribution in [0.3, 0.4) is 0 Å². The van der Waals surface area contributed by atoms with Gasteiger partial charge in [-0.3, -0.25) is 10.1 Å². The molecule has 6 heteroatoms. The van der Waals surface area contributed by atoms with Crippen molar-refractivity contribution in [2.24, 2.45) is 0 Å². The third-order valence-electron chi connectivity index (χ3n) is 4.46. The summed E-state index contributed by atoms with van der Waals surface area (Å²) >= 11 is 0. The Balaban J connectivity index is 1.45. The van der Waals surface area contributed by atoms with Crippen LogP contribution in [0.4, 0.5) is 0 Å². The molecule has 0 unspecified atom stereocenters. The highest BCUT2D eigenvalue weighted by Crippen LogP contribution is 2.25. The lowest BCUT2D eigenvalue weighted by Gasteiger charge is -2.07. The Bertz CT molecular complexity index is 1100. The first kappa shape index (κ1) is 17.7. The summed E-state index contributed by atoms with van der Waals surface area (Å²) in [6, 6.07) is 17.8. The normalized spacial score (nSPS) is 10.7. The zero-order valence-electron chi connectivity index (χ0n) is 15.3. The van der Waals surface area contributed by atoms with E-state index in [1.807, 2.05) is 42.5 Å². The standard InChI is InChI=1S/C22H19N5O/c23-12-3-1-2-4-18-7-5-16-14-19(8-9-20(16)26-18)28-22-10-6-17(15-24-22)21-11-13-25-27-21/h5-11,13-15H,1-4H2,(H,25,27). The molecule has 3 aromatic heterocycles. The molecule has 0 atom stereocenters. The Kier molecular flexibility index (Phi) is 5.25. The van der Waals surface area contributed by atoms with Crippen molar-refractivity contribution in [2.45, 2.75) is 25.7 Å². The second kappa shape index (κ2) is 8.31. The number of aromatic nitrogens is 4. The summed E-state index contributed by atoms with van der Waals surface area (Å²) < 4.78 is 5.89. The van der Waals surface area contributed by atoms with E-state index < -0.39 is 0 Å². The molecule has 28 heavy (non-hydrogen) atoms. The largest absolute Gasteiger partial charge is 0.439 e. The van der Waals surface area contributed by atoms with E-state index in [9.17, 15) is 0 Å². The molecule has 0 saturated heterocycles. The van der Waals surface area contributed by atoms with E-state index in [-0.39, 0.29) is 0 Å². The van der Waals surface area contributed by atoms with Crippen molar-refractivity contribution in [2.75, 3.05) is 0 Å². The van der Waals surface area contributed by atoms with Crippen LogP contribution in [-0.2, 0) is 6.42 Å². The highest BCUT2D eigenvalue weighted by molar-refractivity contribution is 5.80. The highest BCUT2D eigenvalue weighted by atomic mass is 16.5. The molecule has 1 N–H and O–H groups in total. The Hall–Kier alpha value is -3.72. The fraction of sp³-hybridized carbons (Fsp3) is 0.182. The van der Waals surface area contributed by atoms with Gasteiger partial charge in [-0.15, -0.1) is 0 Å². The Morgan fingerprint density at radius 1 is 1.04 bits per heavy atom. The Morgan fingerprint density at radius 2 is 2.00 bits per heavy atom. The van der Waals surface area contributed by atoms with Crippen LogP contribution >= 0.6 is 0 Å². The van der Waals surface area contributed by atoms with Gasteiger partial charge in [0.25, 0.3) is 0 Å². The Morgan fingerprint density at radius 3 is 2.79 bits per heavy atom. The number of ether oxygens (including phenoxy) is 1. The minimum absolute atomic E-state index is 0.532. The van der Waals surface area contributed by atoms with E-state index in [4.69, 9.17) is 15.0 Å². The van der Waals surface area contributed by atoms with E-state index in [0.29, 0.717) is 12.3 Å². The van der Waals surface area contributed by atoms with E-state index in [0.717, 1.165) is 52.9 Å². The lowest BCUT2D eigenvalue weighted by atomic mass is 10.1. The molecular formula is C22H19N5O. The third kappa shape index (κ3) is 4.15. The first-order valence-electron chi connectivity index (χ1n) is 9.22. The number of rotatable bonds is 7. The molecule has 0 aliphatic carbocycles. The smallest absolute Gasteiger partial charge is 0.219 e. The zero-order chi connectivity index (χ0) is 19.2. The molecule has 0 saturated carbocycles. The van der Waals surface area contributed by atoms with E-state index in [1.165, 1.54) is 0 Å². The van der Waals surface area contributed by atoms with Crippen molar-refractivity contribution in [3.63, 3.8) is 0 Å². The van der Waals surface area contributed by atoms with Gasteiger partial charge in [0.2, 0.25) is 5.88 Å². The number of aromatic amines is 1. The van der Waals surface area contributed by atoms with Crippen LogP contribution in [0.25, 0.3) is 22.2 Å². The molecule has 138 valence electrons. The van der Waals surface area contributed by atoms with Crippen LogP contribution < -0.4 is 4.74 Å². The van der Waals surface area contributed by atoms with Crippen LogP contribution in [0.15, 0.2) is 60.9 Å². The number of nitrogens with zero attached hydrogens (tertiary/aromatic N) is 4. The molecule has 0 fully saturated rings. The lowest BCUT2D eigenvalue weighted by Crippen LogP contribution is -1.92. The summed E-state index contributed by atoms with van der Waals surface area (Å²) in [5.41, 5.74) is 3.86. The molecule has 6 nitrogen and oxygen atoms in total. The number of hydrogen-bond acceptors (Lipinski definition) is 5. The van der Waals surface area contributed by atoms with E-state index in [2.05, 4.69) is 27.3 Å². The average molecular weight is 369 g/mol. The number of benzene rings is 1. The quantitative estimate of drug-likeness (QED) is 0.461. The van der Waals surface area contributed by atoms with Crippen molar-refractivity contribution in [3.05, 3.63) is 66.6 Å². The number of fused-ring (bicyclic) bond motifs is 1. The number of pyridine rings is 2. The third-order valence-corrected chi connectivity index (χ3v) is 4.46. The number of nitrogens with one attached hydrogen (secondary N) is 1. The van der Waals surface area contributed by atoms with Gasteiger partial charge >= 0.3 is 0 Å². The predicted molar refractivity (Wildman–Crippen MR) is 107 cm³/mol. The minimum atomic E-state index is 0.532. The van der Waals surface area contributed by atoms with Crippen molar-refractivity contribution in [3.8, 4) is 29.0 Å².